The molecule has 14 heavy (non-hydrogen) atoms. The predicted molar refractivity (Wildman–Crippen MR) is 56.3 cm³/mol. The largest absolute Gasteiger partial charge is 0.383 e. The van der Waals surface area contributed by atoms with Gasteiger partial charge in [0.1, 0.15) is 18.0 Å². The quantitative estimate of drug-likeness (QED) is 0.645. The summed E-state index contributed by atoms with van der Waals surface area (Å²) in [7, 11) is 0. The fraction of sp³-hybridized carbons (Fsp3) is 0.556. The van der Waals surface area contributed by atoms with Crippen molar-refractivity contribution < 1.29 is 0 Å². The van der Waals surface area contributed by atoms with E-state index in [0.29, 0.717) is 5.82 Å². The van der Waals surface area contributed by atoms with Gasteiger partial charge in [0.25, 0.3) is 0 Å². The van der Waals surface area contributed by atoms with Crippen LogP contribution in [0.15, 0.2) is 6.33 Å². The summed E-state index contributed by atoms with van der Waals surface area (Å²) in [5, 5.41) is 3.30. The Balaban J connectivity index is 2.26. The van der Waals surface area contributed by atoms with Crippen LogP contribution in [0.25, 0.3) is 0 Å². The van der Waals surface area contributed by atoms with Gasteiger partial charge in [-0.15, -0.1) is 0 Å². The van der Waals surface area contributed by atoms with E-state index in [0.717, 1.165) is 37.6 Å². The Bertz CT molecular complexity index is 319. The SMILES string of the molecule is Cc1c(N)ncnc1N1CCNCC1. The molecule has 0 atom stereocenters. The van der Waals surface area contributed by atoms with E-state index in [4.69, 9.17) is 5.73 Å². The molecule has 1 saturated heterocycles. The highest BCUT2D eigenvalue weighted by Gasteiger charge is 2.14. The maximum absolute atomic E-state index is 5.73. The lowest BCUT2D eigenvalue weighted by atomic mass is 10.2. The van der Waals surface area contributed by atoms with Crippen LogP contribution in [0.5, 0.6) is 0 Å². The van der Waals surface area contributed by atoms with E-state index in [9.17, 15) is 0 Å². The van der Waals surface area contributed by atoms with Gasteiger partial charge in [-0.3, -0.25) is 0 Å². The van der Waals surface area contributed by atoms with Crippen LogP contribution in [-0.4, -0.2) is 36.1 Å². The standard InChI is InChI=1S/C9H15N5/c1-7-8(10)12-6-13-9(7)14-4-2-11-3-5-14/h6,11H,2-5H2,1H3,(H2,10,12,13). The molecule has 0 amide bonds. The fourth-order valence-electron chi connectivity index (χ4n) is 1.65. The number of nitrogens with zero attached hydrogens (tertiary/aromatic N) is 3. The molecule has 0 saturated carbocycles. The first kappa shape index (κ1) is 9.21. The molecule has 0 unspecified atom stereocenters. The van der Waals surface area contributed by atoms with Crippen LogP contribution in [0.3, 0.4) is 0 Å². The Labute approximate surface area is 83.3 Å². The molecule has 1 aromatic rings. The Morgan fingerprint density at radius 1 is 1.36 bits per heavy atom. The van der Waals surface area contributed by atoms with Gasteiger partial charge in [0.15, 0.2) is 0 Å². The Morgan fingerprint density at radius 2 is 2.07 bits per heavy atom. The van der Waals surface area contributed by atoms with Crippen molar-refractivity contribution in [3.8, 4) is 0 Å². The molecule has 2 rings (SSSR count). The molecule has 1 aliphatic rings. The number of anilines is 2. The van der Waals surface area contributed by atoms with E-state index in [1.165, 1.54) is 6.33 Å². The zero-order valence-electron chi connectivity index (χ0n) is 8.32. The molecule has 2 heterocycles. The second-order valence-corrected chi connectivity index (χ2v) is 3.44. The number of piperazine rings is 1. The molecular weight excluding hydrogens is 178 g/mol. The average molecular weight is 193 g/mol. The summed E-state index contributed by atoms with van der Waals surface area (Å²) >= 11 is 0. The van der Waals surface area contributed by atoms with Crippen LogP contribution in [0.1, 0.15) is 5.56 Å². The first-order chi connectivity index (χ1) is 6.79. The van der Waals surface area contributed by atoms with Gasteiger partial charge in [-0.05, 0) is 6.92 Å². The summed E-state index contributed by atoms with van der Waals surface area (Å²) < 4.78 is 0. The highest BCUT2D eigenvalue weighted by Crippen LogP contribution is 2.19. The molecule has 5 nitrogen and oxygen atoms in total. The number of nitrogens with two attached hydrogens (primary N) is 1. The number of hydrogen-bond donors (Lipinski definition) is 2. The van der Waals surface area contributed by atoms with E-state index in [-0.39, 0.29) is 0 Å². The number of rotatable bonds is 1. The topological polar surface area (TPSA) is 67.1 Å². The molecule has 0 aliphatic carbocycles. The van der Waals surface area contributed by atoms with Crippen LogP contribution < -0.4 is 16.0 Å². The van der Waals surface area contributed by atoms with Crippen molar-refractivity contribution in [1.82, 2.24) is 15.3 Å². The molecule has 1 aliphatic heterocycles. The van der Waals surface area contributed by atoms with Gasteiger partial charge in [0.2, 0.25) is 0 Å². The predicted octanol–water partition coefficient (Wildman–Crippen LogP) is -0.223. The van der Waals surface area contributed by atoms with Crippen molar-refractivity contribution in [1.29, 1.82) is 0 Å². The van der Waals surface area contributed by atoms with Crippen LogP contribution in [0.4, 0.5) is 11.6 Å². The second kappa shape index (κ2) is 3.79. The fourth-order valence-corrected chi connectivity index (χ4v) is 1.65. The highest BCUT2D eigenvalue weighted by atomic mass is 15.2. The minimum atomic E-state index is 0.577. The van der Waals surface area contributed by atoms with Gasteiger partial charge in [-0.25, -0.2) is 9.97 Å². The van der Waals surface area contributed by atoms with Gasteiger partial charge in [-0.1, -0.05) is 0 Å². The summed E-state index contributed by atoms with van der Waals surface area (Å²) in [6, 6.07) is 0. The Morgan fingerprint density at radius 3 is 2.79 bits per heavy atom. The molecule has 0 spiro atoms. The maximum Gasteiger partial charge on any atom is 0.137 e. The minimum absolute atomic E-state index is 0.577. The van der Waals surface area contributed by atoms with Crippen LogP contribution in [-0.2, 0) is 0 Å². The van der Waals surface area contributed by atoms with Gasteiger partial charge in [-0.2, -0.15) is 0 Å². The van der Waals surface area contributed by atoms with Crippen LogP contribution in [0.2, 0.25) is 0 Å². The van der Waals surface area contributed by atoms with Gasteiger partial charge in [0.05, 0.1) is 0 Å². The first-order valence-corrected chi connectivity index (χ1v) is 4.82. The Hall–Kier alpha value is -1.36. The monoisotopic (exact) mass is 193 g/mol. The molecule has 1 aromatic heterocycles. The van der Waals surface area contributed by atoms with Crippen LogP contribution in [0, 0.1) is 6.92 Å². The minimum Gasteiger partial charge on any atom is -0.383 e. The second-order valence-electron chi connectivity index (χ2n) is 3.44. The molecule has 1 fully saturated rings. The van der Waals surface area contributed by atoms with Crippen molar-refractivity contribution in [2.45, 2.75) is 6.92 Å². The summed E-state index contributed by atoms with van der Waals surface area (Å²) in [5.41, 5.74) is 6.71. The smallest absolute Gasteiger partial charge is 0.137 e. The van der Waals surface area contributed by atoms with Crippen molar-refractivity contribution in [3.63, 3.8) is 0 Å². The molecule has 3 N–H and O–H groups in total. The van der Waals surface area contributed by atoms with E-state index < -0.39 is 0 Å². The zero-order chi connectivity index (χ0) is 9.97. The number of nitrogens with one attached hydrogen (secondary N) is 1. The molecule has 5 heteroatoms. The normalized spacial score (nSPS) is 17.1. The maximum atomic E-state index is 5.73. The van der Waals surface area contributed by atoms with Crippen molar-refractivity contribution >= 4 is 11.6 Å². The van der Waals surface area contributed by atoms with Crippen LogP contribution >= 0.6 is 0 Å². The van der Waals surface area contributed by atoms with Crippen molar-refractivity contribution in [3.05, 3.63) is 11.9 Å². The molecular formula is C9H15N5. The lowest BCUT2D eigenvalue weighted by Crippen LogP contribution is -2.44. The van der Waals surface area contributed by atoms with Gasteiger partial charge >= 0.3 is 0 Å². The number of hydrogen-bond acceptors (Lipinski definition) is 5. The lowest BCUT2D eigenvalue weighted by molar-refractivity contribution is 0.583. The third-order valence-corrected chi connectivity index (χ3v) is 2.51. The van der Waals surface area contributed by atoms with Gasteiger partial charge in [0, 0.05) is 31.7 Å². The third-order valence-electron chi connectivity index (χ3n) is 2.51. The summed E-state index contributed by atoms with van der Waals surface area (Å²) in [4.78, 5) is 10.5. The summed E-state index contributed by atoms with van der Waals surface area (Å²) in [6.07, 6.45) is 1.53. The highest BCUT2D eigenvalue weighted by molar-refractivity contribution is 5.55. The molecule has 76 valence electrons. The van der Waals surface area contributed by atoms with Crippen molar-refractivity contribution in [2.75, 3.05) is 36.8 Å². The first-order valence-electron chi connectivity index (χ1n) is 4.82. The van der Waals surface area contributed by atoms with E-state index in [1.807, 2.05) is 6.92 Å². The van der Waals surface area contributed by atoms with E-state index in [2.05, 4.69) is 20.2 Å². The molecule has 0 bridgehead atoms. The summed E-state index contributed by atoms with van der Waals surface area (Å²) in [5.74, 6) is 1.55. The number of aromatic nitrogens is 2. The number of nitrogen functional groups attached to an aromatic ring is 1. The molecule has 0 radical (unpaired) electrons. The summed E-state index contributed by atoms with van der Waals surface area (Å²) in [6.45, 7) is 5.94. The van der Waals surface area contributed by atoms with Crippen molar-refractivity contribution in [2.24, 2.45) is 0 Å². The molecule has 0 aromatic carbocycles. The average Bonchev–Trinajstić information content (AvgIpc) is 2.23. The third kappa shape index (κ3) is 1.63. The lowest BCUT2D eigenvalue weighted by Gasteiger charge is -2.29. The Kier molecular flexibility index (Phi) is 2.49. The van der Waals surface area contributed by atoms with E-state index >= 15 is 0 Å². The van der Waals surface area contributed by atoms with E-state index in [1.54, 1.807) is 0 Å². The van der Waals surface area contributed by atoms with Gasteiger partial charge < -0.3 is 16.0 Å². The zero-order valence-corrected chi connectivity index (χ0v) is 8.32.